The van der Waals surface area contributed by atoms with Gasteiger partial charge in [0.15, 0.2) is 0 Å². The van der Waals surface area contributed by atoms with Crippen molar-refractivity contribution < 1.29 is 23.9 Å². The van der Waals surface area contributed by atoms with Crippen LogP contribution in [0.15, 0.2) is 77.5 Å². The number of benzene rings is 3. The van der Waals surface area contributed by atoms with Crippen LogP contribution in [0.1, 0.15) is 26.3 Å². The topological polar surface area (TPSA) is 105 Å². The molecule has 1 aliphatic heterocycles. The number of hydrogen-bond donors (Lipinski definition) is 2. The molecule has 1 heterocycles. The van der Waals surface area contributed by atoms with Crippen LogP contribution in [0.4, 0.5) is 17.1 Å². The molecular weight excluding hydrogens is 505 g/mol. The molecule has 0 atom stereocenters. The van der Waals surface area contributed by atoms with Crippen LogP contribution in [0.5, 0.6) is 0 Å². The highest BCUT2D eigenvalue weighted by Gasteiger charge is 2.39. The van der Waals surface area contributed by atoms with Crippen molar-refractivity contribution in [2.45, 2.75) is 6.92 Å². The average Bonchev–Trinajstić information content (AvgIpc) is 3.08. The van der Waals surface area contributed by atoms with Crippen molar-refractivity contribution in [3.63, 3.8) is 0 Å². The molecule has 0 spiro atoms. The fraction of sp³-hybridized carbons (Fsp3) is 0.0769. The van der Waals surface area contributed by atoms with E-state index < -0.39 is 23.7 Å². The van der Waals surface area contributed by atoms with Gasteiger partial charge in [0, 0.05) is 22.0 Å². The number of nitrogens with zero attached hydrogens (tertiary/aromatic N) is 1. The zero-order valence-electron chi connectivity index (χ0n) is 19.1. The first-order valence-electron chi connectivity index (χ1n) is 10.6. The number of hydrogen-bond acceptors (Lipinski definition) is 6. The summed E-state index contributed by atoms with van der Waals surface area (Å²) in [4.78, 5) is 51.1. The van der Waals surface area contributed by atoms with Crippen molar-refractivity contribution in [1.29, 1.82) is 0 Å². The first-order chi connectivity index (χ1) is 17.2. The third-order valence-electron chi connectivity index (χ3n) is 5.44. The van der Waals surface area contributed by atoms with E-state index in [1.807, 2.05) is 0 Å². The quantitative estimate of drug-likeness (QED) is 0.343. The minimum Gasteiger partial charge on any atom is -0.465 e. The number of aryl methyl sites for hydroxylation is 1. The van der Waals surface area contributed by atoms with Gasteiger partial charge in [0.1, 0.15) is 10.7 Å². The number of methoxy groups -OCH3 is 1. The Morgan fingerprint density at radius 3 is 2.14 bits per heavy atom. The van der Waals surface area contributed by atoms with E-state index in [2.05, 4.69) is 15.4 Å². The number of anilines is 3. The van der Waals surface area contributed by atoms with Gasteiger partial charge in [-0.25, -0.2) is 9.69 Å². The highest BCUT2D eigenvalue weighted by Crippen LogP contribution is 2.31. The van der Waals surface area contributed by atoms with E-state index in [1.165, 1.54) is 19.2 Å². The molecule has 36 heavy (non-hydrogen) atoms. The van der Waals surface area contributed by atoms with Gasteiger partial charge in [0.25, 0.3) is 17.7 Å². The lowest BCUT2D eigenvalue weighted by atomic mass is 10.1. The third-order valence-corrected chi connectivity index (χ3v) is 6.04. The Morgan fingerprint density at radius 1 is 0.861 bits per heavy atom. The summed E-state index contributed by atoms with van der Waals surface area (Å²) >= 11 is 12.1. The summed E-state index contributed by atoms with van der Waals surface area (Å²) in [6.07, 6.45) is 0. The number of carbonyl (C=O) groups is 4. The van der Waals surface area contributed by atoms with Crippen LogP contribution < -0.4 is 15.5 Å². The van der Waals surface area contributed by atoms with Gasteiger partial charge in [0.2, 0.25) is 0 Å². The van der Waals surface area contributed by atoms with Gasteiger partial charge in [-0.3, -0.25) is 14.4 Å². The second-order valence-corrected chi connectivity index (χ2v) is 8.60. The van der Waals surface area contributed by atoms with Gasteiger partial charge in [0.05, 0.1) is 18.4 Å². The van der Waals surface area contributed by atoms with Crippen molar-refractivity contribution in [3.05, 3.63) is 99.2 Å². The minimum absolute atomic E-state index is 0.101. The van der Waals surface area contributed by atoms with Crippen molar-refractivity contribution >= 4 is 64.0 Å². The lowest BCUT2D eigenvalue weighted by molar-refractivity contribution is -0.120. The SMILES string of the molecule is COC(=O)c1ccc(NC(=O)c2ccc(C)c(NC3=C(Cl)C(=O)N(c4ccc(Cl)cc4)C3=O)c2)cc1. The second kappa shape index (κ2) is 10.2. The van der Waals surface area contributed by atoms with Crippen LogP contribution >= 0.6 is 23.2 Å². The molecule has 0 saturated carbocycles. The third kappa shape index (κ3) is 4.95. The molecule has 2 N–H and O–H groups in total. The Labute approximate surface area is 216 Å². The van der Waals surface area contributed by atoms with Gasteiger partial charge in [-0.15, -0.1) is 0 Å². The largest absolute Gasteiger partial charge is 0.465 e. The molecule has 8 nitrogen and oxygen atoms in total. The Bertz CT molecular complexity index is 1420. The highest BCUT2D eigenvalue weighted by molar-refractivity contribution is 6.53. The summed E-state index contributed by atoms with van der Waals surface area (Å²) in [5.41, 5.74) is 2.49. The van der Waals surface area contributed by atoms with Crippen LogP contribution in [0.25, 0.3) is 0 Å². The van der Waals surface area contributed by atoms with Crippen LogP contribution in [0.2, 0.25) is 5.02 Å². The number of imide groups is 1. The number of carbonyl (C=O) groups excluding carboxylic acids is 4. The fourth-order valence-corrected chi connectivity index (χ4v) is 3.82. The van der Waals surface area contributed by atoms with Gasteiger partial charge < -0.3 is 15.4 Å². The predicted octanol–water partition coefficient (Wildman–Crippen LogP) is 5.12. The van der Waals surface area contributed by atoms with Crippen molar-refractivity contribution in [3.8, 4) is 0 Å². The number of rotatable bonds is 6. The molecule has 0 bridgehead atoms. The first kappa shape index (κ1) is 25.0. The zero-order chi connectivity index (χ0) is 26.0. The maximum absolute atomic E-state index is 13.0. The molecule has 0 aliphatic carbocycles. The Balaban J connectivity index is 1.53. The molecule has 0 radical (unpaired) electrons. The van der Waals surface area contributed by atoms with E-state index in [1.54, 1.807) is 61.5 Å². The fourth-order valence-electron chi connectivity index (χ4n) is 3.48. The van der Waals surface area contributed by atoms with Crippen LogP contribution in [-0.4, -0.2) is 30.8 Å². The first-order valence-corrected chi connectivity index (χ1v) is 11.4. The summed E-state index contributed by atoms with van der Waals surface area (Å²) in [5.74, 6) is -2.20. The molecule has 1 aliphatic rings. The van der Waals surface area contributed by atoms with E-state index in [9.17, 15) is 19.2 Å². The molecule has 10 heteroatoms. The summed E-state index contributed by atoms with van der Waals surface area (Å²) < 4.78 is 4.66. The molecule has 0 saturated heterocycles. The highest BCUT2D eigenvalue weighted by atomic mass is 35.5. The molecule has 4 rings (SSSR count). The lowest BCUT2D eigenvalue weighted by Gasteiger charge is -2.16. The van der Waals surface area contributed by atoms with Crippen molar-refractivity contribution in [2.75, 3.05) is 22.6 Å². The average molecular weight is 524 g/mol. The van der Waals surface area contributed by atoms with Crippen LogP contribution in [-0.2, 0) is 14.3 Å². The number of amides is 3. The maximum Gasteiger partial charge on any atom is 0.337 e. The molecule has 0 unspecified atom stereocenters. The van der Waals surface area contributed by atoms with Crippen molar-refractivity contribution in [2.24, 2.45) is 0 Å². The molecule has 0 fully saturated rings. The molecule has 182 valence electrons. The number of halogens is 2. The standard InChI is InChI=1S/C26H19Cl2N3O5/c1-14-3-4-16(23(32)29-18-9-5-15(6-10-18)26(35)36-2)13-20(14)30-22-21(28)24(33)31(25(22)34)19-11-7-17(27)8-12-19/h3-13,30H,1-2H3,(H,29,32). The number of nitrogens with one attached hydrogen (secondary N) is 2. The molecule has 3 aromatic carbocycles. The molecule has 3 aromatic rings. The predicted molar refractivity (Wildman–Crippen MR) is 137 cm³/mol. The summed E-state index contributed by atoms with van der Waals surface area (Å²) in [7, 11) is 1.29. The summed E-state index contributed by atoms with van der Waals surface area (Å²) in [6.45, 7) is 1.78. The Kier molecular flexibility index (Phi) is 7.10. The van der Waals surface area contributed by atoms with Gasteiger partial charge in [-0.1, -0.05) is 29.3 Å². The lowest BCUT2D eigenvalue weighted by Crippen LogP contribution is -2.32. The van der Waals surface area contributed by atoms with Crippen molar-refractivity contribution in [1.82, 2.24) is 0 Å². The van der Waals surface area contributed by atoms with E-state index >= 15 is 0 Å². The van der Waals surface area contributed by atoms with E-state index in [-0.39, 0.29) is 10.7 Å². The van der Waals surface area contributed by atoms with E-state index in [4.69, 9.17) is 23.2 Å². The van der Waals surface area contributed by atoms with Crippen LogP contribution in [0.3, 0.4) is 0 Å². The van der Waals surface area contributed by atoms with Gasteiger partial charge >= 0.3 is 5.97 Å². The van der Waals surface area contributed by atoms with Gasteiger partial charge in [-0.05, 0) is 73.2 Å². The zero-order valence-corrected chi connectivity index (χ0v) is 20.6. The normalized spacial score (nSPS) is 13.2. The maximum atomic E-state index is 13.0. The monoisotopic (exact) mass is 523 g/mol. The Morgan fingerprint density at radius 2 is 1.50 bits per heavy atom. The van der Waals surface area contributed by atoms with Crippen LogP contribution in [0, 0.1) is 6.92 Å². The van der Waals surface area contributed by atoms with E-state index in [0.717, 1.165) is 10.5 Å². The summed E-state index contributed by atoms with van der Waals surface area (Å²) in [6, 6.07) is 17.3. The summed E-state index contributed by atoms with van der Waals surface area (Å²) in [5, 5.41) is 5.85. The van der Waals surface area contributed by atoms with E-state index in [0.29, 0.717) is 33.2 Å². The minimum atomic E-state index is -0.673. The molecule has 0 aromatic heterocycles. The second-order valence-electron chi connectivity index (χ2n) is 7.79. The molecular formula is C26H19Cl2N3O5. The number of esters is 1. The molecule has 3 amide bonds. The Hall–Kier alpha value is -4.14. The van der Waals surface area contributed by atoms with Gasteiger partial charge in [-0.2, -0.15) is 0 Å². The smallest absolute Gasteiger partial charge is 0.337 e. The number of ether oxygens (including phenoxy) is 1.